The van der Waals surface area contributed by atoms with Gasteiger partial charge in [0, 0.05) is 39.8 Å². The summed E-state index contributed by atoms with van der Waals surface area (Å²) in [5, 5.41) is 30.0. The highest BCUT2D eigenvalue weighted by Gasteiger charge is 2.20. The topological polar surface area (TPSA) is 223 Å². The molecule has 0 saturated heterocycles. The highest BCUT2D eigenvalue weighted by atomic mass is 35.7. The number of aromatic hydroxyl groups is 1. The van der Waals surface area contributed by atoms with Gasteiger partial charge in [0.2, 0.25) is 0 Å². The molecule has 0 heterocycles. The number of halogens is 1. The van der Waals surface area contributed by atoms with E-state index in [0.717, 1.165) is 24.5 Å². The van der Waals surface area contributed by atoms with Crippen molar-refractivity contribution in [1.29, 1.82) is 0 Å². The Kier molecular flexibility index (Phi) is 9.30. The van der Waals surface area contributed by atoms with Gasteiger partial charge < -0.3 is 5.11 Å². The van der Waals surface area contributed by atoms with Crippen LogP contribution in [0.15, 0.2) is 98.9 Å². The zero-order valence-electron chi connectivity index (χ0n) is 20.6. The van der Waals surface area contributed by atoms with Gasteiger partial charge in [-0.2, -0.15) is 8.42 Å². The molecule has 0 saturated carbocycles. The average Bonchev–Trinajstić information content (AvgIpc) is 2.87. The van der Waals surface area contributed by atoms with Crippen LogP contribution >= 0.6 is 10.7 Å². The Balaban J connectivity index is 0.000000850. The number of nitro benzene ring substituents is 1. The van der Waals surface area contributed by atoms with Crippen LogP contribution in [-0.2, 0) is 29.2 Å². The van der Waals surface area contributed by atoms with Crippen molar-refractivity contribution in [2.75, 3.05) is 11.0 Å². The molecule has 41 heavy (non-hydrogen) atoms. The fourth-order valence-corrected chi connectivity index (χ4v) is 5.36. The molecular formula is C23H19ClN4O10S3. The second-order valence-electron chi connectivity index (χ2n) is 8.04. The molecule has 0 aliphatic carbocycles. The van der Waals surface area contributed by atoms with Gasteiger partial charge in [-0.05, 0) is 36.4 Å². The van der Waals surface area contributed by atoms with Crippen molar-refractivity contribution in [3.05, 3.63) is 89.0 Å². The molecule has 4 rings (SSSR count). The number of hydrogen-bond donors (Lipinski definition) is 3. The van der Waals surface area contributed by atoms with Crippen molar-refractivity contribution >= 4 is 73.4 Å². The largest absolute Gasteiger partial charge is 0.507 e. The van der Waals surface area contributed by atoms with Crippen molar-refractivity contribution in [3.8, 4) is 5.75 Å². The summed E-state index contributed by atoms with van der Waals surface area (Å²) >= 11 is 0. The summed E-state index contributed by atoms with van der Waals surface area (Å²) in [6.45, 7) is 0. The lowest BCUT2D eigenvalue weighted by Crippen LogP contribution is -2.13. The Morgan fingerprint density at radius 3 is 2.02 bits per heavy atom. The molecule has 216 valence electrons. The third-order valence-corrected chi connectivity index (χ3v) is 7.62. The van der Waals surface area contributed by atoms with E-state index in [1.54, 1.807) is 30.3 Å². The van der Waals surface area contributed by atoms with E-state index in [4.69, 9.17) is 13.0 Å². The molecule has 0 fully saturated rings. The molecule has 0 radical (unpaired) electrons. The van der Waals surface area contributed by atoms with E-state index in [1.807, 2.05) is 0 Å². The van der Waals surface area contributed by atoms with Crippen molar-refractivity contribution in [3.63, 3.8) is 0 Å². The maximum atomic E-state index is 12.9. The number of rotatable bonds is 7. The number of sulfone groups is 1. The van der Waals surface area contributed by atoms with Crippen LogP contribution in [0.25, 0.3) is 10.8 Å². The van der Waals surface area contributed by atoms with E-state index in [9.17, 15) is 32.1 Å². The molecule has 0 aliphatic heterocycles. The van der Waals surface area contributed by atoms with Gasteiger partial charge in [-0.1, -0.05) is 30.3 Å². The number of phenolic OH excluding ortho intramolecular Hbond substituents is 1. The number of sulfonamides is 1. The number of anilines is 1. The number of nitro groups is 1. The number of phenols is 1. The van der Waals surface area contributed by atoms with Gasteiger partial charge in [0.05, 0.1) is 21.2 Å². The van der Waals surface area contributed by atoms with Crippen LogP contribution in [0.2, 0.25) is 0 Å². The molecule has 0 unspecified atom stereocenters. The molecule has 18 heteroatoms. The van der Waals surface area contributed by atoms with Crippen LogP contribution in [0.5, 0.6) is 5.75 Å². The second-order valence-corrected chi connectivity index (χ2v) is 13.7. The Bertz CT molecular complexity index is 1980. The van der Waals surface area contributed by atoms with Crippen LogP contribution in [0.4, 0.5) is 22.7 Å². The average molecular weight is 643 g/mol. The molecular weight excluding hydrogens is 624 g/mol. The van der Waals surface area contributed by atoms with Gasteiger partial charge in [0.1, 0.15) is 16.3 Å². The van der Waals surface area contributed by atoms with Gasteiger partial charge in [0.25, 0.3) is 15.7 Å². The zero-order valence-corrected chi connectivity index (χ0v) is 23.8. The molecule has 4 aromatic rings. The van der Waals surface area contributed by atoms with Crippen LogP contribution in [-0.4, -0.2) is 46.1 Å². The Morgan fingerprint density at radius 2 is 1.44 bits per heavy atom. The molecule has 0 bridgehead atoms. The van der Waals surface area contributed by atoms with E-state index >= 15 is 0 Å². The van der Waals surface area contributed by atoms with E-state index in [-0.39, 0.29) is 38.5 Å². The first-order valence-corrected chi connectivity index (χ1v) is 16.5. The molecule has 14 nitrogen and oxygen atoms in total. The first-order valence-electron chi connectivity index (χ1n) is 10.9. The fraction of sp³-hybridized carbons (Fsp3) is 0.0435. The van der Waals surface area contributed by atoms with Gasteiger partial charge in [0.15, 0.2) is 9.84 Å². The maximum Gasteiger partial charge on any atom is 0.353 e. The molecule has 4 aromatic carbocycles. The van der Waals surface area contributed by atoms with Crippen molar-refractivity contribution in [1.82, 2.24) is 0 Å². The van der Waals surface area contributed by atoms with Crippen molar-refractivity contribution in [2.24, 2.45) is 10.2 Å². The quantitative estimate of drug-likeness (QED) is 0.0794. The van der Waals surface area contributed by atoms with Crippen LogP contribution in [0, 0.1) is 10.1 Å². The monoisotopic (exact) mass is 642 g/mol. The van der Waals surface area contributed by atoms with Gasteiger partial charge in [-0.25, -0.2) is 16.8 Å². The van der Waals surface area contributed by atoms with E-state index in [0.29, 0.717) is 0 Å². The van der Waals surface area contributed by atoms with Crippen molar-refractivity contribution in [2.45, 2.75) is 9.79 Å². The smallest absolute Gasteiger partial charge is 0.353 e. The summed E-state index contributed by atoms with van der Waals surface area (Å²) in [6, 6.07) is 18.1. The summed E-state index contributed by atoms with van der Waals surface area (Å²) in [7, 11) is -8.02. The zero-order chi connectivity index (χ0) is 30.6. The molecule has 0 aliphatic rings. The summed E-state index contributed by atoms with van der Waals surface area (Å²) < 4.78 is 77.9. The van der Waals surface area contributed by atoms with Crippen molar-refractivity contribution < 1.29 is 39.8 Å². The lowest BCUT2D eigenvalue weighted by Gasteiger charge is -2.13. The first-order chi connectivity index (χ1) is 19.0. The lowest BCUT2D eigenvalue weighted by atomic mass is 10.1. The summed E-state index contributed by atoms with van der Waals surface area (Å²) in [4.78, 5) is 9.98. The molecule has 3 N–H and O–H groups in total. The van der Waals surface area contributed by atoms with Crippen LogP contribution < -0.4 is 4.72 Å². The molecule has 0 amide bonds. The lowest BCUT2D eigenvalue weighted by molar-refractivity contribution is -0.385. The fourth-order valence-electron chi connectivity index (χ4n) is 3.45. The van der Waals surface area contributed by atoms with Crippen LogP contribution in [0.3, 0.4) is 0 Å². The number of hydrogen-bond acceptors (Lipinski definition) is 11. The molecule has 0 aromatic heterocycles. The minimum atomic E-state index is -4.19. The predicted octanol–water partition coefficient (Wildman–Crippen LogP) is 5.10. The number of benzene rings is 4. The van der Waals surface area contributed by atoms with E-state index in [1.165, 1.54) is 30.3 Å². The first kappa shape index (κ1) is 31.4. The standard InChI is InChI=1S/C23H18N4O7S2.ClHO3S/c1-35(31,32)22-14-15(27(29)30)10-11-18(22)24-25-19-12-13-21(28)17-8-5-9-20(23(17)19)26-36(33,34)16-6-3-2-4-7-16;1-5(2,3)4/h2-14,26,28H,1H3;(H,2,3,4)/b25-24+;. The number of azo groups is 1. The number of non-ortho nitro benzene ring substituents is 1. The normalized spacial score (nSPS) is 12.1. The third-order valence-electron chi connectivity index (χ3n) is 5.11. The third kappa shape index (κ3) is 8.41. The number of fused-ring (bicyclic) bond motifs is 1. The maximum absolute atomic E-state index is 12.9. The number of nitrogens with zero attached hydrogens (tertiary/aromatic N) is 3. The summed E-state index contributed by atoms with van der Waals surface area (Å²) in [6.07, 6.45) is 0.886. The summed E-state index contributed by atoms with van der Waals surface area (Å²) in [5.74, 6) is -0.142. The molecule has 0 spiro atoms. The number of nitrogens with one attached hydrogen (secondary N) is 1. The predicted molar refractivity (Wildman–Crippen MR) is 151 cm³/mol. The minimum Gasteiger partial charge on any atom is -0.507 e. The van der Waals surface area contributed by atoms with Gasteiger partial charge in [-0.15, -0.1) is 10.2 Å². The Hall–Kier alpha value is -4.16. The van der Waals surface area contributed by atoms with E-state index < -0.39 is 44.7 Å². The second kappa shape index (κ2) is 12.1. The van der Waals surface area contributed by atoms with Gasteiger partial charge >= 0.3 is 9.33 Å². The van der Waals surface area contributed by atoms with E-state index in [2.05, 4.69) is 25.6 Å². The highest BCUT2D eigenvalue weighted by molar-refractivity contribution is 8.09. The Labute approximate surface area is 238 Å². The van der Waals surface area contributed by atoms with Gasteiger partial charge in [-0.3, -0.25) is 19.4 Å². The minimum absolute atomic E-state index is 0.0222. The summed E-state index contributed by atoms with van der Waals surface area (Å²) in [5.41, 5.74) is -0.353. The highest BCUT2D eigenvalue weighted by Crippen LogP contribution is 2.39. The van der Waals surface area contributed by atoms with Crippen LogP contribution in [0.1, 0.15) is 0 Å². The SMILES string of the molecule is CS(=O)(=O)c1cc([N+](=O)[O-])ccc1/N=N/c1ccc(O)c2cccc(NS(=O)(=O)c3ccccc3)c12.O=S(=O)(O)Cl. The Morgan fingerprint density at radius 1 is 0.854 bits per heavy atom. The molecule has 0 atom stereocenters.